The van der Waals surface area contributed by atoms with E-state index in [2.05, 4.69) is 113 Å². The van der Waals surface area contributed by atoms with E-state index in [-0.39, 0.29) is 12.1 Å². The van der Waals surface area contributed by atoms with Crippen LogP contribution in [0, 0.1) is 27.7 Å². The van der Waals surface area contributed by atoms with E-state index >= 15 is 0 Å². The van der Waals surface area contributed by atoms with Crippen LogP contribution in [0.1, 0.15) is 45.9 Å². The van der Waals surface area contributed by atoms with Crippen molar-refractivity contribution in [2.75, 3.05) is 4.90 Å². The number of benzene rings is 2. The van der Waals surface area contributed by atoms with Crippen LogP contribution in [0.2, 0.25) is 0 Å². The number of aromatic nitrogens is 2. The SMILES string of the molecule is Cc1cccc(-n2c(C)cc([C@H]3[C@@H](c4ccccn4)NC(=S)N3c3ccc(Br)c(C)c3)c2C)c1. The molecule has 6 heteroatoms. The van der Waals surface area contributed by atoms with E-state index in [4.69, 9.17) is 17.2 Å². The van der Waals surface area contributed by atoms with Crippen molar-refractivity contribution in [2.45, 2.75) is 39.8 Å². The maximum atomic E-state index is 5.91. The molecule has 0 unspecified atom stereocenters. The first-order valence-corrected chi connectivity index (χ1v) is 12.6. The van der Waals surface area contributed by atoms with Crippen molar-refractivity contribution in [3.05, 3.63) is 111 Å². The number of hydrogen-bond donors (Lipinski definition) is 1. The number of nitrogens with one attached hydrogen (secondary N) is 1. The van der Waals surface area contributed by atoms with Gasteiger partial charge in [-0.1, -0.05) is 34.1 Å². The number of halogens is 1. The van der Waals surface area contributed by atoms with Crippen LogP contribution in [0.25, 0.3) is 5.69 Å². The Bertz CT molecular complexity index is 1380. The smallest absolute Gasteiger partial charge is 0.174 e. The van der Waals surface area contributed by atoms with Gasteiger partial charge in [-0.2, -0.15) is 0 Å². The van der Waals surface area contributed by atoms with Gasteiger partial charge in [0.2, 0.25) is 0 Å². The summed E-state index contributed by atoms with van der Waals surface area (Å²) in [6, 6.07) is 23.3. The Morgan fingerprint density at radius 3 is 2.44 bits per heavy atom. The summed E-state index contributed by atoms with van der Waals surface area (Å²) in [5.74, 6) is 0. The zero-order valence-electron chi connectivity index (χ0n) is 19.7. The molecule has 0 spiro atoms. The molecule has 5 rings (SSSR count). The van der Waals surface area contributed by atoms with Gasteiger partial charge in [-0.15, -0.1) is 0 Å². The van der Waals surface area contributed by atoms with Gasteiger partial charge in [0.05, 0.1) is 17.8 Å². The quantitative estimate of drug-likeness (QED) is 0.286. The number of nitrogens with zero attached hydrogens (tertiary/aromatic N) is 3. The van der Waals surface area contributed by atoms with Gasteiger partial charge in [-0.05, 0) is 105 Å². The Hall–Kier alpha value is -2.96. The second-order valence-electron chi connectivity index (χ2n) is 8.93. The first-order valence-electron chi connectivity index (χ1n) is 11.4. The molecule has 1 saturated heterocycles. The van der Waals surface area contributed by atoms with Gasteiger partial charge < -0.3 is 14.8 Å². The third kappa shape index (κ3) is 3.95. The fraction of sp³-hybridized carbons (Fsp3) is 0.214. The van der Waals surface area contributed by atoms with Gasteiger partial charge in [-0.25, -0.2) is 0 Å². The van der Waals surface area contributed by atoms with Crippen LogP contribution in [0.15, 0.2) is 77.4 Å². The molecule has 34 heavy (non-hydrogen) atoms. The normalized spacial score (nSPS) is 17.8. The van der Waals surface area contributed by atoms with E-state index in [0.29, 0.717) is 5.11 Å². The number of rotatable bonds is 4. The summed E-state index contributed by atoms with van der Waals surface area (Å²) in [6.45, 7) is 8.61. The molecule has 2 aromatic heterocycles. The molecule has 0 aliphatic carbocycles. The molecule has 1 aliphatic rings. The minimum absolute atomic E-state index is 0.0345. The molecule has 0 saturated carbocycles. The maximum Gasteiger partial charge on any atom is 0.174 e. The van der Waals surface area contributed by atoms with Crippen molar-refractivity contribution in [3.8, 4) is 5.69 Å². The van der Waals surface area contributed by atoms with Crippen LogP contribution < -0.4 is 10.2 Å². The Kier molecular flexibility index (Phi) is 6.04. The first-order chi connectivity index (χ1) is 16.3. The average molecular weight is 532 g/mol. The fourth-order valence-electron chi connectivity index (χ4n) is 4.98. The van der Waals surface area contributed by atoms with Crippen molar-refractivity contribution in [3.63, 3.8) is 0 Å². The van der Waals surface area contributed by atoms with Crippen LogP contribution >= 0.6 is 28.1 Å². The lowest BCUT2D eigenvalue weighted by atomic mass is 9.96. The van der Waals surface area contributed by atoms with Crippen LogP contribution in [-0.2, 0) is 0 Å². The van der Waals surface area contributed by atoms with Crippen molar-refractivity contribution in [1.29, 1.82) is 0 Å². The van der Waals surface area contributed by atoms with Gasteiger partial charge in [0.15, 0.2) is 5.11 Å². The molecule has 3 heterocycles. The lowest BCUT2D eigenvalue weighted by Gasteiger charge is -2.28. The highest BCUT2D eigenvalue weighted by Crippen LogP contribution is 2.44. The maximum absolute atomic E-state index is 5.91. The highest BCUT2D eigenvalue weighted by atomic mass is 79.9. The summed E-state index contributed by atoms with van der Waals surface area (Å²) >= 11 is 9.55. The van der Waals surface area contributed by atoms with Gasteiger partial charge in [0.1, 0.15) is 0 Å². The number of anilines is 1. The monoisotopic (exact) mass is 530 g/mol. The molecule has 0 bridgehead atoms. The fourth-order valence-corrected chi connectivity index (χ4v) is 5.57. The molecule has 1 N–H and O–H groups in total. The Balaban J connectivity index is 1.69. The standard InChI is InChI=1S/C28H27BrN4S/c1-17-8-7-9-21(14-17)32-19(3)16-23(20(32)4)27-26(25-10-5-6-13-30-25)31-28(34)33(27)22-11-12-24(29)18(2)15-22/h5-16,26-27H,1-4H3,(H,31,34)/t26-,27+/m1/s1. The van der Waals surface area contributed by atoms with Gasteiger partial charge in [0, 0.05) is 33.4 Å². The van der Waals surface area contributed by atoms with Crippen molar-refractivity contribution in [1.82, 2.24) is 14.9 Å². The van der Waals surface area contributed by atoms with Gasteiger partial charge in [-0.3, -0.25) is 4.98 Å². The number of hydrogen-bond acceptors (Lipinski definition) is 2. The highest BCUT2D eigenvalue weighted by molar-refractivity contribution is 9.10. The average Bonchev–Trinajstić information content (AvgIpc) is 3.31. The summed E-state index contributed by atoms with van der Waals surface area (Å²) < 4.78 is 3.43. The predicted molar refractivity (Wildman–Crippen MR) is 147 cm³/mol. The topological polar surface area (TPSA) is 33.1 Å². The molecule has 172 valence electrons. The lowest BCUT2D eigenvalue weighted by Crippen LogP contribution is -2.29. The van der Waals surface area contributed by atoms with E-state index in [1.807, 2.05) is 18.3 Å². The largest absolute Gasteiger partial charge is 0.351 e. The Labute approximate surface area is 214 Å². The minimum atomic E-state index is -0.0656. The molecular weight excluding hydrogens is 504 g/mol. The highest BCUT2D eigenvalue weighted by Gasteiger charge is 2.42. The summed E-state index contributed by atoms with van der Waals surface area (Å²) in [7, 11) is 0. The zero-order valence-corrected chi connectivity index (χ0v) is 22.1. The van der Waals surface area contributed by atoms with E-state index in [1.54, 1.807) is 0 Å². The van der Waals surface area contributed by atoms with E-state index < -0.39 is 0 Å². The minimum Gasteiger partial charge on any atom is -0.351 e. The van der Waals surface area contributed by atoms with Crippen LogP contribution in [0.4, 0.5) is 5.69 Å². The van der Waals surface area contributed by atoms with Crippen molar-refractivity contribution >= 4 is 38.9 Å². The summed E-state index contributed by atoms with van der Waals surface area (Å²) in [4.78, 5) is 6.94. The second kappa shape index (κ2) is 9.01. The summed E-state index contributed by atoms with van der Waals surface area (Å²) in [6.07, 6.45) is 1.85. The van der Waals surface area contributed by atoms with E-state index in [9.17, 15) is 0 Å². The molecule has 2 aromatic carbocycles. The van der Waals surface area contributed by atoms with E-state index in [1.165, 1.54) is 33.8 Å². The zero-order chi connectivity index (χ0) is 24.0. The molecule has 0 amide bonds. The number of aryl methyl sites for hydroxylation is 3. The Morgan fingerprint density at radius 1 is 0.912 bits per heavy atom. The third-order valence-electron chi connectivity index (χ3n) is 6.57. The summed E-state index contributed by atoms with van der Waals surface area (Å²) in [5, 5.41) is 4.29. The van der Waals surface area contributed by atoms with E-state index in [0.717, 1.165) is 15.9 Å². The van der Waals surface area contributed by atoms with Crippen LogP contribution in [-0.4, -0.2) is 14.7 Å². The molecular formula is C28H27BrN4S. The van der Waals surface area contributed by atoms with Gasteiger partial charge >= 0.3 is 0 Å². The van der Waals surface area contributed by atoms with Crippen LogP contribution in [0.5, 0.6) is 0 Å². The summed E-state index contributed by atoms with van der Waals surface area (Å²) in [5.41, 5.74) is 9.28. The number of thiocarbonyl (C=S) groups is 1. The first kappa shape index (κ1) is 22.8. The van der Waals surface area contributed by atoms with Crippen molar-refractivity contribution in [2.24, 2.45) is 0 Å². The van der Waals surface area contributed by atoms with Crippen molar-refractivity contribution < 1.29 is 0 Å². The molecule has 1 aliphatic heterocycles. The molecule has 2 atom stereocenters. The Morgan fingerprint density at radius 2 is 1.74 bits per heavy atom. The third-order valence-corrected chi connectivity index (χ3v) is 7.77. The van der Waals surface area contributed by atoms with Gasteiger partial charge in [0.25, 0.3) is 0 Å². The second-order valence-corrected chi connectivity index (χ2v) is 10.2. The lowest BCUT2D eigenvalue weighted by molar-refractivity contribution is 0.565. The molecule has 4 aromatic rings. The molecule has 4 nitrogen and oxygen atoms in total. The molecule has 0 radical (unpaired) electrons. The number of pyridine rings is 1. The van der Waals surface area contributed by atoms with Crippen LogP contribution in [0.3, 0.4) is 0 Å². The predicted octanol–water partition coefficient (Wildman–Crippen LogP) is 7.05. The molecule has 1 fully saturated rings.